The zero-order chi connectivity index (χ0) is 48.9. The third-order valence-corrected chi connectivity index (χ3v) is 14.7. The molecule has 0 spiro atoms. The molecule has 14 aromatic rings. The number of hydrogen-bond acceptors (Lipinski definition) is 7. The van der Waals surface area contributed by atoms with Gasteiger partial charge >= 0.3 is 0 Å². The highest BCUT2D eigenvalue weighted by Gasteiger charge is 2.30. The Morgan fingerprint density at radius 3 is 1.43 bits per heavy atom. The average molecular weight is 954 g/mol. The lowest BCUT2D eigenvalue weighted by Crippen LogP contribution is -2.25. The van der Waals surface area contributed by atoms with Crippen LogP contribution in [0.2, 0.25) is 0 Å². The van der Waals surface area contributed by atoms with Crippen LogP contribution < -0.4 is 14.5 Å². The number of nitrogens with zero attached hydrogens (tertiary/aromatic N) is 9. The molecule has 0 amide bonds. The van der Waals surface area contributed by atoms with Crippen molar-refractivity contribution in [3.63, 3.8) is 0 Å². The van der Waals surface area contributed by atoms with Crippen LogP contribution in [0.3, 0.4) is 0 Å². The summed E-state index contributed by atoms with van der Waals surface area (Å²) in [6, 6.07) is 75.3. The lowest BCUT2D eigenvalue weighted by Gasteiger charge is -2.21. The van der Waals surface area contributed by atoms with Crippen molar-refractivity contribution >= 4 is 88.4 Å². The number of para-hydroxylation sites is 7. The first-order chi connectivity index (χ1) is 36.6. The molecule has 5 aromatic heterocycles. The highest BCUT2D eigenvalue weighted by molar-refractivity contribution is 6.13. The van der Waals surface area contributed by atoms with Gasteiger partial charge < -0.3 is 18.8 Å². The number of benzene rings is 9. The molecule has 0 N–H and O–H groups in total. The van der Waals surface area contributed by atoms with Crippen molar-refractivity contribution in [2.75, 3.05) is 16.5 Å². The lowest BCUT2D eigenvalue weighted by atomic mass is 9.98. The van der Waals surface area contributed by atoms with Crippen LogP contribution in [0.25, 0.3) is 93.7 Å². The molecule has 10 nitrogen and oxygen atoms in total. The van der Waals surface area contributed by atoms with Crippen LogP contribution in [0.5, 0.6) is 11.5 Å². The summed E-state index contributed by atoms with van der Waals surface area (Å²) in [6.45, 7) is 2.76. The Labute approximate surface area is 424 Å². The van der Waals surface area contributed by atoms with Crippen LogP contribution in [-0.2, 0) is 0 Å². The Morgan fingerprint density at radius 2 is 0.865 bits per heavy atom. The maximum Gasteiger partial charge on any atom is 0.234 e. The second-order valence-electron chi connectivity index (χ2n) is 18.8. The van der Waals surface area contributed by atoms with E-state index in [9.17, 15) is 0 Å². The van der Waals surface area contributed by atoms with Gasteiger partial charge in [0.15, 0.2) is 0 Å². The van der Waals surface area contributed by atoms with E-state index in [0.29, 0.717) is 12.6 Å². The minimum Gasteiger partial charge on any atom is -0.457 e. The highest BCUT2D eigenvalue weighted by Crippen LogP contribution is 2.46. The van der Waals surface area contributed by atoms with E-state index in [4.69, 9.17) is 9.72 Å². The lowest BCUT2D eigenvalue weighted by molar-refractivity contribution is 0.483. The van der Waals surface area contributed by atoms with Gasteiger partial charge in [0.2, 0.25) is 5.95 Å². The Hall–Kier alpha value is -10.1. The van der Waals surface area contributed by atoms with Crippen LogP contribution in [0.1, 0.15) is 5.56 Å². The van der Waals surface area contributed by atoms with Crippen molar-refractivity contribution in [2.45, 2.75) is 6.92 Å². The third-order valence-electron chi connectivity index (χ3n) is 14.7. The summed E-state index contributed by atoms with van der Waals surface area (Å²) < 4.78 is 13.9. The van der Waals surface area contributed by atoms with Gasteiger partial charge in [-0.05, 0) is 97.4 Å². The number of aromatic nitrogens is 7. The van der Waals surface area contributed by atoms with E-state index in [2.05, 4.69) is 246 Å². The van der Waals surface area contributed by atoms with Gasteiger partial charge in [0.25, 0.3) is 0 Å². The van der Waals surface area contributed by atoms with Gasteiger partial charge in [-0.25, -0.2) is 19.9 Å². The molecular weight excluding hydrogens is 911 g/mol. The molecule has 6 heterocycles. The summed E-state index contributed by atoms with van der Waals surface area (Å²) >= 11 is 0. The summed E-state index contributed by atoms with van der Waals surface area (Å²) in [5.74, 6) is 2.86. The molecule has 9 aromatic carbocycles. The normalized spacial score (nSPS) is 12.6. The molecule has 0 fully saturated rings. The van der Waals surface area contributed by atoms with Gasteiger partial charge in [0.05, 0.1) is 55.8 Å². The molecule has 350 valence electrons. The highest BCUT2D eigenvalue weighted by atomic mass is 16.5. The van der Waals surface area contributed by atoms with Gasteiger partial charge in [0.1, 0.15) is 36.6 Å². The summed E-state index contributed by atoms with van der Waals surface area (Å²) in [5.41, 5.74) is 15.1. The number of pyridine rings is 1. The molecule has 1 aliphatic heterocycles. The van der Waals surface area contributed by atoms with Crippen molar-refractivity contribution in [1.29, 1.82) is 0 Å². The smallest absolute Gasteiger partial charge is 0.234 e. The fourth-order valence-electron chi connectivity index (χ4n) is 11.6. The summed E-state index contributed by atoms with van der Waals surface area (Å²) in [6.07, 6.45) is 5.14. The fraction of sp³-hybridized carbons (Fsp3) is 0.0312. The summed E-state index contributed by atoms with van der Waals surface area (Å²) in [5, 5.41) is 7.11. The van der Waals surface area contributed by atoms with E-state index < -0.39 is 0 Å². The molecule has 0 bridgehead atoms. The molecule has 0 saturated heterocycles. The van der Waals surface area contributed by atoms with E-state index in [1.807, 2.05) is 18.2 Å². The van der Waals surface area contributed by atoms with Crippen molar-refractivity contribution in [2.24, 2.45) is 0 Å². The summed E-state index contributed by atoms with van der Waals surface area (Å²) in [4.78, 5) is 22.8. The topological polar surface area (TPSA) is 82.1 Å². The Kier molecular flexibility index (Phi) is 9.30. The Balaban J connectivity index is 0.872. The van der Waals surface area contributed by atoms with Crippen LogP contribution in [0, 0.1) is 6.92 Å². The quantitative estimate of drug-likeness (QED) is 0.150. The first kappa shape index (κ1) is 41.7. The van der Waals surface area contributed by atoms with Crippen molar-refractivity contribution in [3.8, 4) is 39.8 Å². The van der Waals surface area contributed by atoms with Crippen LogP contribution in [-0.4, -0.2) is 40.3 Å². The zero-order valence-electron chi connectivity index (χ0n) is 40.1. The largest absolute Gasteiger partial charge is 0.457 e. The number of anilines is 4. The Morgan fingerprint density at radius 1 is 0.392 bits per heavy atom. The van der Waals surface area contributed by atoms with Crippen LogP contribution in [0.4, 0.5) is 23.0 Å². The van der Waals surface area contributed by atoms with Crippen molar-refractivity contribution in [3.05, 3.63) is 237 Å². The minimum absolute atomic E-state index is 0.539. The molecule has 1 aliphatic rings. The maximum atomic E-state index is 6.78. The zero-order valence-corrected chi connectivity index (χ0v) is 40.1. The van der Waals surface area contributed by atoms with E-state index in [0.717, 1.165) is 106 Å². The first-order valence-corrected chi connectivity index (χ1v) is 24.8. The van der Waals surface area contributed by atoms with Gasteiger partial charge in [-0.1, -0.05) is 115 Å². The minimum atomic E-state index is 0.539. The number of aryl methyl sites for hydroxylation is 1. The van der Waals surface area contributed by atoms with Crippen LogP contribution in [0.15, 0.2) is 231 Å². The number of rotatable bonds is 8. The molecule has 10 heteroatoms. The van der Waals surface area contributed by atoms with Gasteiger partial charge in [-0.15, -0.1) is 0 Å². The molecule has 0 atom stereocenters. The number of fused-ring (bicyclic) bond motifs is 10. The van der Waals surface area contributed by atoms with E-state index in [1.165, 1.54) is 34.2 Å². The second kappa shape index (κ2) is 16.5. The van der Waals surface area contributed by atoms with Gasteiger partial charge in [-0.2, -0.15) is 0 Å². The maximum absolute atomic E-state index is 6.78. The molecule has 15 rings (SSSR count). The Bertz CT molecular complexity index is 4310. The van der Waals surface area contributed by atoms with E-state index >= 15 is 0 Å². The predicted octanol–water partition coefficient (Wildman–Crippen LogP) is 15.6. The predicted molar refractivity (Wildman–Crippen MR) is 299 cm³/mol. The van der Waals surface area contributed by atoms with Crippen molar-refractivity contribution in [1.82, 2.24) is 33.6 Å². The first-order valence-electron chi connectivity index (χ1n) is 24.8. The molecular formula is C64H43N9O. The average Bonchev–Trinajstić information content (AvgIpc) is 4.21. The number of ether oxygens (including phenoxy) is 1. The van der Waals surface area contributed by atoms with E-state index in [-0.39, 0.29) is 0 Å². The SMILES string of the molecule is Cc1cc(-n2c3ccccc3c3ccc(Oc4cccc(N5CN(c6ncncn6)c6ccccc65)c4)cc32)ncc1-c1c(-n2c3ccccc3c3ccccc32)cccc1-n1c2ccccc2c2ccccc21. The molecule has 0 aliphatic carbocycles. The standard InChI is InChI=1S/C64H43N9O/c1-41-34-62(73-56-27-11-6-22-49(56)50-33-32-44(36-61(50)73)74-43-17-14-16-42(35-43)69-40-70(64-67-38-65-39-68-64)58-29-13-12-28-57(58)69)66-37-51(41)63-59(71-52-23-7-2-18-45(52)46-19-3-8-24-53(46)71)30-15-31-60(63)72-54-25-9-4-20-47(54)48-21-5-10-26-55(48)72/h2-39H,40H2,1H3. The van der Waals surface area contributed by atoms with Gasteiger partial charge in [-0.3, -0.25) is 9.47 Å². The fourth-order valence-corrected chi connectivity index (χ4v) is 11.6. The van der Waals surface area contributed by atoms with Gasteiger partial charge in [0, 0.05) is 67.5 Å². The van der Waals surface area contributed by atoms with E-state index in [1.54, 1.807) is 0 Å². The summed E-state index contributed by atoms with van der Waals surface area (Å²) in [7, 11) is 0. The monoisotopic (exact) mass is 953 g/mol. The molecule has 0 radical (unpaired) electrons. The molecule has 0 unspecified atom stereocenters. The second-order valence-corrected chi connectivity index (χ2v) is 18.8. The molecule has 74 heavy (non-hydrogen) atoms. The van der Waals surface area contributed by atoms with Crippen molar-refractivity contribution < 1.29 is 4.74 Å². The molecule has 0 saturated carbocycles. The third kappa shape index (κ3) is 6.38. The van der Waals surface area contributed by atoms with Crippen LogP contribution >= 0.6 is 0 Å². The number of hydrogen-bond donors (Lipinski definition) is 0.